The third-order valence-electron chi connectivity index (χ3n) is 2.82. The molecule has 2 rings (SSSR count). The lowest BCUT2D eigenvalue weighted by molar-refractivity contribution is 0.276. The first-order valence-electron chi connectivity index (χ1n) is 5.23. The summed E-state index contributed by atoms with van der Waals surface area (Å²) in [6.07, 6.45) is 0. The minimum atomic E-state index is -0.0495. The highest BCUT2D eigenvalue weighted by atomic mass is 16.3. The molecule has 2 heterocycles. The van der Waals surface area contributed by atoms with Gasteiger partial charge in [-0.2, -0.15) is 5.10 Å². The fraction of sp³-hybridized carbons (Fsp3) is 0.333. The van der Waals surface area contributed by atoms with E-state index in [4.69, 9.17) is 5.11 Å². The first kappa shape index (κ1) is 10.8. The number of nitrogens with zero attached hydrogens (tertiary/aromatic N) is 3. The molecular weight excluding hydrogens is 202 g/mol. The van der Waals surface area contributed by atoms with Gasteiger partial charge in [-0.3, -0.25) is 0 Å². The number of pyridine rings is 1. The summed E-state index contributed by atoms with van der Waals surface area (Å²) in [4.78, 5) is 4.33. The van der Waals surface area contributed by atoms with Gasteiger partial charge in [-0.1, -0.05) is 6.07 Å². The molecule has 0 spiro atoms. The average Bonchev–Trinajstić information content (AvgIpc) is 2.57. The van der Waals surface area contributed by atoms with Gasteiger partial charge in [0.05, 0.1) is 18.0 Å². The highest BCUT2D eigenvalue weighted by Crippen LogP contribution is 2.15. The highest BCUT2D eigenvalue weighted by Gasteiger charge is 2.09. The lowest BCUT2D eigenvalue weighted by Crippen LogP contribution is -2.03. The van der Waals surface area contributed by atoms with Crippen LogP contribution in [0.25, 0.3) is 5.82 Å². The number of hydrogen-bond donors (Lipinski definition) is 1. The molecule has 4 nitrogen and oxygen atoms in total. The van der Waals surface area contributed by atoms with E-state index in [0.29, 0.717) is 5.69 Å². The van der Waals surface area contributed by atoms with Crippen LogP contribution < -0.4 is 0 Å². The van der Waals surface area contributed by atoms with E-state index < -0.39 is 0 Å². The number of aryl methyl sites for hydroxylation is 1. The molecule has 84 valence electrons. The van der Waals surface area contributed by atoms with E-state index in [1.165, 1.54) is 5.56 Å². The van der Waals surface area contributed by atoms with Gasteiger partial charge >= 0.3 is 0 Å². The van der Waals surface area contributed by atoms with E-state index in [1.54, 1.807) is 6.07 Å². The van der Waals surface area contributed by atoms with Gasteiger partial charge in [0.2, 0.25) is 0 Å². The molecule has 4 heteroatoms. The van der Waals surface area contributed by atoms with Gasteiger partial charge in [-0.15, -0.1) is 0 Å². The first-order chi connectivity index (χ1) is 7.63. The molecule has 0 aliphatic carbocycles. The van der Waals surface area contributed by atoms with Gasteiger partial charge < -0.3 is 5.11 Å². The smallest absolute Gasteiger partial charge is 0.153 e. The largest absolute Gasteiger partial charge is 0.390 e. The Balaban J connectivity index is 2.54. The lowest BCUT2D eigenvalue weighted by atomic mass is 10.2. The van der Waals surface area contributed by atoms with Crippen molar-refractivity contribution in [3.05, 3.63) is 40.8 Å². The second-order valence-corrected chi connectivity index (χ2v) is 3.85. The van der Waals surface area contributed by atoms with Crippen LogP contribution in [0.5, 0.6) is 0 Å². The number of rotatable bonds is 2. The molecular formula is C12H15N3O. The van der Waals surface area contributed by atoms with Gasteiger partial charge in [0.15, 0.2) is 5.82 Å². The molecule has 1 N–H and O–H groups in total. The molecule has 0 saturated heterocycles. The van der Waals surface area contributed by atoms with Crippen LogP contribution in [0.3, 0.4) is 0 Å². The molecule has 0 amide bonds. The molecule has 0 fully saturated rings. The Bertz CT molecular complexity index is 517. The van der Waals surface area contributed by atoms with Crippen LogP contribution in [-0.2, 0) is 6.61 Å². The van der Waals surface area contributed by atoms with E-state index in [0.717, 1.165) is 17.2 Å². The molecule has 2 aromatic rings. The fourth-order valence-electron chi connectivity index (χ4n) is 1.62. The van der Waals surface area contributed by atoms with E-state index in [9.17, 15) is 0 Å². The van der Waals surface area contributed by atoms with Crippen LogP contribution in [0.1, 0.15) is 22.6 Å². The second kappa shape index (κ2) is 4.06. The van der Waals surface area contributed by atoms with Crippen molar-refractivity contribution in [3.8, 4) is 5.82 Å². The molecule has 0 bridgehead atoms. The molecule has 0 radical (unpaired) electrons. The SMILES string of the molecule is Cc1nn(-c2cccc(CO)n2)c(C)c1C. The van der Waals surface area contributed by atoms with Crippen molar-refractivity contribution in [2.45, 2.75) is 27.4 Å². The van der Waals surface area contributed by atoms with Crippen LogP contribution in [0.2, 0.25) is 0 Å². The summed E-state index contributed by atoms with van der Waals surface area (Å²) >= 11 is 0. The summed E-state index contributed by atoms with van der Waals surface area (Å²) in [5, 5.41) is 13.5. The molecule has 0 aliphatic rings. The topological polar surface area (TPSA) is 50.9 Å². The Labute approximate surface area is 94.6 Å². The number of aromatic nitrogens is 3. The standard InChI is InChI=1S/C12H15N3O/c1-8-9(2)14-15(10(8)3)12-6-4-5-11(7-16)13-12/h4-6,16H,7H2,1-3H3. The molecule has 2 aromatic heterocycles. The Morgan fingerprint density at radius 1 is 1.25 bits per heavy atom. The summed E-state index contributed by atoms with van der Waals surface area (Å²) in [5.74, 6) is 0.750. The van der Waals surface area contributed by atoms with Gasteiger partial charge in [0.25, 0.3) is 0 Å². The van der Waals surface area contributed by atoms with E-state index in [-0.39, 0.29) is 6.61 Å². The zero-order valence-electron chi connectivity index (χ0n) is 9.73. The zero-order chi connectivity index (χ0) is 11.7. The molecule has 0 unspecified atom stereocenters. The minimum Gasteiger partial charge on any atom is -0.390 e. The summed E-state index contributed by atoms with van der Waals surface area (Å²) < 4.78 is 1.81. The van der Waals surface area contributed by atoms with Crippen molar-refractivity contribution in [3.63, 3.8) is 0 Å². The maximum absolute atomic E-state index is 9.05. The molecule has 0 aromatic carbocycles. The molecule has 16 heavy (non-hydrogen) atoms. The van der Waals surface area contributed by atoms with Crippen molar-refractivity contribution < 1.29 is 5.11 Å². The van der Waals surface area contributed by atoms with E-state index in [1.807, 2.05) is 37.6 Å². The average molecular weight is 217 g/mol. The predicted octanol–water partition coefficient (Wildman–Crippen LogP) is 1.68. The molecule has 0 aliphatic heterocycles. The first-order valence-corrected chi connectivity index (χ1v) is 5.23. The van der Waals surface area contributed by atoms with Gasteiger partial charge in [0.1, 0.15) is 0 Å². The maximum atomic E-state index is 9.05. The van der Waals surface area contributed by atoms with Crippen molar-refractivity contribution in [1.82, 2.24) is 14.8 Å². The summed E-state index contributed by atoms with van der Waals surface area (Å²) in [6, 6.07) is 5.56. The fourth-order valence-corrected chi connectivity index (χ4v) is 1.62. The third-order valence-corrected chi connectivity index (χ3v) is 2.82. The second-order valence-electron chi connectivity index (χ2n) is 3.85. The predicted molar refractivity (Wildman–Crippen MR) is 61.5 cm³/mol. The quantitative estimate of drug-likeness (QED) is 0.832. The van der Waals surface area contributed by atoms with E-state index in [2.05, 4.69) is 10.1 Å². The van der Waals surface area contributed by atoms with E-state index >= 15 is 0 Å². The summed E-state index contributed by atoms with van der Waals surface area (Å²) in [5.41, 5.74) is 3.92. The van der Waals surface area contributed by atoms with Crippen LogP contribution >= 0.6 is 0 Å². The number of aliphatic hydroxyl groups is 1. The van der Waals surface area contributed by atoms with Crippen molar-refractivity contribution in [2.75, 3.05) is 0 Å². The number of aliphatic hydroxyl groups excluding tert-OH is 1. The van der Waals surface area contributed by atoms with Gasteiger partial charge in [-0.05, 0) is 38.5 Å². The summed E-state index contributed by atoms with van der Waals surface area (Å²) in [6.45, 7) is 5.99. The van der Waals surface area contributed by atoms with Crippen molar-refractivity contribution in [2.24, 2.45) is 0 Å². The Kier molecular flexibility index (Phi) is 2.75. The molecule has 0 saturated carbocycles. The minimum absolute atomic E-state index is 0.0495. The van der Waals surface area contributed by atoms with Crippen molar-refractivity contribution in [1.29, 1.82) is 0 Å². The lowest BCUT2D eigenvalue weighted by Gasteiger charge is -2.04. The summed E-state index contributed by atoms with van der Waals surface area (Å²) in [7, 11) is 0. The number of hydrogen-bond acceptors (Lipinski definition) is 3. The Morgan fingerprint density at radius 2 is 2.00 bits per heavy atom. The van der Waals surface area contributed by atoms with Crippen LogP contribution in [0, 0.1) is 20.8 Å². The normalized spacial score (nSPS) is 10.8. The van der Waals surface area contributed by atoms with Gasteiger partial charge in [0, 0.05) is 5.69 Å². The Morgan fingerprint density at radius 3 is 2.56 bits per heavy atom. The highest BCUT2D eigenvalue weighted by molar-refractivity contribution is 5.32. The van der Waals surface area contributed by atoms with Crippen molar-refractivity contribution >= 4 is 0 Å². The van der Waals surface area contributed by atoms with Gasteiger partial charge in [-0.25, -0.2) is 9.67 Å². The third kappa shape index (κ3) is 1.72. The van der Waals surface area contributed by atoms with Crippen LogP contribution in [-0.4, -0.2) is 19.9 Å². The Hall–Kier alpha value is -1.68. The van der Waals surface area contributed by atoms with Crippen LogP contribution in [0.15, 0.2) is 18.2 Å². The maximum Gasteiger partial charge on any atom is 0.153 e. The molecule has 0 atom stereocenters. The van der Waals surface area contributed by atoms with Crippen LogP contribution in [0.4, 0.5) is 0 Å². The monoisotopic (exact) mass is 217 g/mol. The zero-order valence-corrected chi connectivity index (χ0v) is 9.73.